The van der Waals surface area contributed by atoms with E-state index in [0.717, 1.165) is 38.8 Å². The van der Waals surface area contributed by atoms with Crippen molar-refractivity contribution < 1.29 is 4.79 Å². The van der Waals surface area contributed by atoms with Crippen molar-refractivity contribution in [3.8, 4) is 0 Å². The molecule has 0 saturated heterocycles. The van der Waals surface area contributed by atoms with Gasteiger partial charge in [0.2, 0.25) is 5.91 Å². The molecule has 1 amide bonds. The van der Waals surface area contributed by atoms with Gasteiger partial charge in [-0.3, -0.25) is 4.79 Å². The van der Waals surface area contributed by atoms with Crippen LogP contribution in [-0.4, -0.2) is 29.6 Å². The number of nitrogens with zero attached hydrogens (tertiary/aromatic N) is 1. The van der Waals surface area contributed by atoms with Crippen molar-refractivity contribution in [3.63, 3.8) is 0 Å². The third-order valence-electron chi connectivity index (χ3n) is 2.05. The molecule has 0 N–H and O–H groups in total. The molecular formula is C10H21NOS. The van der Waals surface area contributed by atoms with Crippen molar-refractivity contribution in [2.45, 2.75) is 39.5 Å². The van der Waals surface area contributed by atoms with Crippen molar-refractivity contribution in [1.29, 1.82) is 0 Å². The Morgan fingerprint density at radius 1 is 1.15 bits per heavy atom. The van der Waals surface area contributed by atoms with Crippen LogP contribution < -0.4 is 0 Å². The lowest BCUT2D eigenvalue weighted by atomic mass is 10.2. The number of unbranched alkanes of at least 4 members (excludes halogenated alkanes) is 2. The lowest BCUT2D eigenvalue weighted by Gasteiger charge is -2.21. The van der Waals surface area contributed by atoms with E-state index in [1.165, 1.54) is 0 Å². The zero-order valence-corrected chi connectivity index (χ0v) is 9.65. The molecule has 0 atom stereocenters. The molecule has 0 aromatic carbocycles. The highest BCUT2D eigenvalue weighted by Gasteiger charge is 2.09. The number of carbonyl (C=O) groups is 1. The first-order chi connectivity index (χ1) is 6.26. The van der Waals surface area contributed by atoms with Crippen LogP contribution in [0, 0.1) is 0 Å². The summed E-state index contributed by atoms with van der Waals surface area (Å²) < 4.78 is 0. The molecule has 0 aromatic rings. The smallest absolute Gasteiger partial charge is 0.232 e. The molecule has 0 heterocycles. The van der Waals surface area contributed by atoms with Crippen LogP contribution in [0.2, 0.25) is 0 Å². The van der Waals surface area contributed by atoms with E-state index in [-0.39, 0.29) is 5.91 Å². The average molecular weight is 203 g/mol. The van der Waals surface area contributed by atoms with E-state index in [1.54, 1.807) is 0 Å². The van der Waals surface area contributed by atoms with Gasteiger partial charge in [-0.1, -0.05) is 26.7 Å². The molecule has 0 radical (unpaired) electrons. The Bertz CT molecular complexity index is 131. The first kappa shape index (κ1) is 12.8. The summed E-state index contributed by atoms with van der Waals surface area (Å²) in [6.45, 7) is 6.08. The van der Waals surface area contributed by atoms with E-state index in [0.29, 0.717) is 5.75 Å². The fourth-order valence-corrected chi connectivity index (χ4v) is 1.36. The number of hydrogen-bond acceptors (Lipinski definition) is 2. The van der Waals surface area contributed by atoms with E-state index < -0.39 is 0 Å². The van der Waals surface area contributed by atoms with Crippen LogP contribution >= 0.6 is 12.6 Å². The fraction of sp³-hybridized carbons (Fsp3) is 0.900. The number of amides is 1. The molecule has 0 rings (SSSR count). The summed E-state index contributed by atoms with van der Waals surface area (Å²) in [5.41, 5.74) is 0. The van der Waals surface area contributed by atoms with E-state index in [4.69, 9.17) is 0 Å². The molecule has 0 fully saturated rings. The Morgan fingerprint density at radius 2 is 1.62 bits per heavy atom. The minimum Gasteiger partial charge on any atom is -0.342 e. The van der Waals surface area contributed by atoms with Crippen molar-refractivity contribution >= 4 is 18.5 Å². The lowest BCUT2D eigenvalue weighted by Crippen LogP contribution is -2.33. The van der Waals surface area contributed by atoms with Gasteiger partial charge in [0.1, 0.15) is 0 Å². The van der Waals surface area contributed by atoms with Crippen molar-refractivity contribution in [2.75, 3.05) is 18.8 Å². The van der Waals surface area contributed by atoms with Crippen LogP contribution in [-0.2, 0) is 4.79 Å². The summed E-state index contributed by atoms with van der Waals surface area (Å²) in [7, 11) is 0. The standard InChI is InChI=1S/C10H21NOS/c1-3-5-7-11(8-6-4-2)10(12)9-13/h13H,3-9H2,1-2H3. The molecular weight excluding hydrogens is 182 g/mol. The predicted molar refractivity (Wildman–Crippen MR) is 60.2 cm³/mol. The van der Waals surface area contributed by atoms with Crippen molar-refractivity contribution in [1.82, 2.24) is 4.90 Å². The molecule has 78 valence electrons. The van der Waals surface area contributed by atoms with E-state index in [2.05, 4.69) is 26.5 Å². The topological polar surface area (TPSA) is 20.3 Å². The highest BCUT2D eigenvalue weighted by atomic mass is 32.1. The van der Waals surface area contributed by atoms with Crippen LogP contribution in [0.15, 0.2) is 0 Å². The maximum Gasteiger partial charge on any atom is 0.232 e. The summed E-state index contributed by atoms with van der Waals surface area (Å²) in [6.07, 6.45) is 4.48. The fourth-order valence-electron chi connectivity index (χ4n) is 1.16. The van der Waals surface area contributed by atoms with Crippen LogP contribution in [0.5, 0.6) is 0 Å². The molecule has 13 heavy (non-hydrogen) atoms. The van der Waals surface area contributed by atoms with Gasteiger partial charge in [-0.15, -0.1) is 0 Å². The van der Waals surface area contributed by atoms with Gasteiger partial charge in [-0.05, 0) is 12.8 Å². The summed E-state index contributed by atoms with van der Waals surface area (Å²) in [5, 5.41) is 0. The molecule has 0 saturated carbocycles. The van der Waals surface area contributed by atoms with Gasteiger partial charge in [-0.25, -0.2) is 0 Å². The van der Waals surface area contributed by atoms with Gasteiger partial charge in [0.15, 0.2) is 0 Å². The third kappa shape index (κ3) is 5.97. The third-order valence-corrected chi connectivity index (χ3v) is 2.32. The number of hydrogen-bond donors (Lipinski definition) is 1. The first-order valence-electron chi connectivity index (χ1n) is 5.14. The first-order valence-corrected chi connectivity index (χ1v) is 5.78. The molecule has 0 unspecified atom stereocenters. The largest absolute Gasteiger partial charge is 0.342 e. The average Bonchev–Trinajstić information content (AvgIpc) is 2.17. The molecule has 2 nitrogen and oxygen atoms in total. The van der Waals surface area contributed by atoms with Gasteiger partial charge in [0.25, 0.3) is 0 Å². The minimum absolute atomic E-state index is 0.172. The quantitative estimate of drug-likeness (QED) is 0.630. The Kier molecular flexibility index (Phi) is 8.30. The van der Waals surface area contributed by atoms with E-state index in [1.807, 2.05) is 4.90 Å². The van der Waals surface area contributed by atoms with E-state index in [9.17, 15) is 4.79 Å². The molecule has 0 bridgehead atoms. The Balaban J connectivity index is 3.79. The Labute approximate surface area is 87.1 Å². The zero-order valence-electron chi connectivity index (χ0n) is 8.75. The maximum atomic E-state index is 11.4. The van der Waals surface area contributed by atoms with Crippen LogP contribution in [0.4, 0.5) is 0 Å². The normalized spacial score (nSPS) is 10.1. The second-order valence-corrected chi connectivity index (χ2v) is 3.56. The summed E-state index contributed by atoms with van der Waals surface area (Å²) in [6, 6.07) is 0. The van der Waals surface area contributed by atoms with Gasteiger partial charge in [-0.2, -0.15) is 12.6 Å². The van der Waals surface area contributed by atoms with Gasteiger partial charge in [0, 0.05) is 13.1 Å². The molecule has 0 aliphatic heterocycles. The lowest BCUT2D eigenvalue weighted by molar-refractivity contribution is -0.128. The van der Waals surface area contributed by atoms with Crippen LogP contribution in [0.1, 0.15) is 39.5 Å². The zero-order chi connectivity index (χ0) is 10.1. The number of carbonyl (C=O) groups excluding carboxylic acids is 1. The molecule has 0 aliphatic carbocycles. The highest BCUT2D eigenvalue weighted by Crippen LogP contribution is 2.00. The minimum atomic E-state index is 0.172. The number of thiol groups is 1. The molecule has 0 aromatic heterocycles. The summed E-state index contributed by atoms with van der Waals surface area (Å²) >= 11 is 4.01. The number of rotatable bonds is 7. The van der Waals surface area contributed by atoms with Gasteiger partial charge >= 0.3 is 0 Å². The molecule has 0 spiro atoms. The highest BCUT2D eigenvalue weighted by molar-refractivity contribution is 7.81. The Morgan fingerprint density at radius 3 is 1.92 bits per heavy atom. The van der Waals surface area contributed by atoms with Crippen molar-refractivity contribution in [2.24, 2.45) is 0 Å². The molecule has 3 heteroatoms. The summed E-state index contributed by atoms with van der Waals surface area (Å²) in [4.78, 5) is 13.3. The van der Waals surface area contributed by atoms with E-state index >= 15 is 0 Å². The second kappa shape index (κ2) is 8.42. The van der Waals surface area contributed by atoms with Crippen molar-refractivity contribution in [3.05, 3.63) is 0 Å². The monoisotopic (exact) mass is 203 g/mol. The summed E-state index contributed by atoms with van der Waals surface area (Å²) in [5.74, 6) is 0.512. The van der Waals surface area contributed by atoms with Gasteiger partial charge < -0.3 is 4.90 Å². The molecule has 0 aliphatic rings. The second-order valence-electron chi connectivity index (χ2n) is 3.25. The predicted octanol–water partition coefficient (Wildman–Crippen LogP) is 2.35. The SMILES string of the molecule is CCCCN(CCCC)C(=O)CS. The Hall–Kier alpha value is -0.180. The maximum absolute atomic E-state index is 11.4. The van der Waals surface area contributed by atoms with Gasteiger partial charge in [0.05, 0.1) is 5.75 Å². The van der Waals surface area contributed by atoms with Crippen LogP contribution in [0.3, 0.4) is 0 Å². The van der Waals surface area contributed by atoms with Crippen LogP contribution in [0.25, 0.3) is 0 Å².